The lowest BCUT2D eigenvalue weighted by Crippen LogP contribution is -2.38. The van der Waals surface area contributed by atoms with Crippen molar-refractivity contribution in [3.63, 3.8) is 0 Å². The van der Waals surface area contributed by atoms with E-state index in [0.717, 1.165) is 0 Å². The summed E-state index contributed by atoms with van der Waals surface area (Å²) in [6, 6.07) is 0. The quantitative estimate of drug-likeness (QED) is 0.516. The zero-order valence-electron chi connectivity index (χ0n) is 8.74. The second-order valence-electron chi connectivity index (χ2n) is 3.44. The van der Waals surface area contributed by atoms with Gasteiger partial charge < -0.3 is 18.3 Å². The molecular weight excluding hydrogens is 204 g/mol. The van der Waals surface area contributed by atoms with Crippen molar-refractivity contribution in [3.8, 4) is 0 Å². The van der Waals surface area contributed by atoms with Gasteiger partial charge in [-0.05, 0) is 20.0 Å². The Bertz CT molecular complexity index is 206. The number of hydrogen-bond acceptors (Lipinski definition) is 5. The normalized spacial score (nSPS) is 21.9. The molecule has 0 aromatic heterocycles. The second-order valence-corrected chi connectivity index (χ2v) is 6.82. The highest BCUT2D eigenvalue weighted by Gasteiger charge is 2.30. The first-order valence-corrected chi connectivity index (χ1v) is 7.46. The number of carbonyl (C=O) groups excluding carboxylic acids is 1. The van der Waals surface area contributed by atoms with Gasteiger partial charge in [-0.25, -0.2) is 4.79 Å². The summed E-state index contributed by atoms with van der Waals surface area (Å²) in [7, 11) is -2.04. The van der Waals surface area contributed by atoms with Gasteiger partial charge in [-0.2, -0.15) is 0 Å². The van der Waals surface area contributed by atoms with E-state index >= 15 is 0 Å². The average Bonchev–Trinajstić information content (AvgIpc) is 2.48. The number of cyclic esters (lactones) is 2. The van der Waals surface area contributed by atoms with Crippen molar-refractivity contribution in [1.29, 1.82) is 0 Å². The first kappa shape index (κ1) is 11.5. The van der Waals surface area contributed by atoms with Crippen molar-refractivity contribution >= 4 is 14.7 Å². The number of carbonyl (C=O) groups is 1. The van der Waals surface area contributed by atoms with Crippen molar-refractivity contribution in [1.82, 2.24) is 0 Å². The van der Waals surface area contributed by atoms with Crippen LogP contribution in [0.5, 0.6) is 0 Å². The van der Waals surface area contributed by atoms with E-state index in [-0.39, 0.29) is 12.7 Å². The van der Waals surface area contributed by atoms with Gasteiger partial charge >= 0.3 is 14.7 Å². The maximum Gasteiger partial charge on any atom is 0.508 e. The first-order chi connectivity index (χ1) is 6.53. The molecule has 0 aromatic carbocycles. The highest BCUT2D eigenvalue weighted by molar-refractivity contribution is 6.64. The molecule has 1 atom stereocenters. The molecule has 1 fully saturated rings. The lowest BCUT2D eigenvalue weighted by Gasteiger charge is -2.22. The largest absolute Gasteiger partial charge is 0.508 e. The van der Waals surface area contributed by atoms with Crippen molar-refractivity contribution in [2.45, 2.75) is 26.1 Å². The molecule has 0 bridgehead atoms. The Hall–Kier alpha value is -0.593. The molecule has 1 aliphatic rings. The summed E-state index contributed by atoms with van der Waals surface area (Å²) in [5.41, 5.74) is 0. The molecule has 82 valence electrons. The summed E-state index contributed by atoms with van der Waals surface area (Å²) in [6.45, 7) is 7.10. The standard InChI is InChI=1S/C8H16O5Si/c1-4-11-14(2,3)12-6-7-5-10-8(9)13-7/h7H,4-6H2,1-3H3. The Morgan fingerprint density at radius 1 is 1.50 bits per heavy atom. The molecule has 1 saturated heterocycles. The minimum Gasteiger partial charge on any atom is -0.430 e. The minimum atomic E-state index is -2.04. The molecule has 0 spiro atoms. The molecule has 0 saturated carbocycles. The predicted molar refractivity (Wildman–Crippen MR) is 51.3 cm³/mol. The first-order valence-electron chi connectivity index (χ1n) is 4.65. The Morgan fingerprint density at radius 2 is 2.21 bits per heavy atom. The van der Waals surface area contributed by atoms with E-state index in [1.54, 1.807) is 0 Å². The smallest absolute Gasteiger partial charge is 0.430 e. The number of ether oxygens (including phenoxy) is 2. The van der Waals surface area contributed by atoms with E-state index in [0.29, 0.717) is 13.2 Å². The number of rotatable bonds is 5. The summed E-state index contributed by atoms with van der Waals surface area (Å²) in [4.78, 5) is 10.6. The SMILES string of the molecule is CCO[Si](C)(C)OCC1COC(=O)O1. The van der Waals surface area contributed by atoms with Crippen LogP contribution in [0.1, 0.15) is 6.92 Å². The van der Waals surface area contributed by atoms with Gasteiger partial charge in [0.2, 0.25) is 0 Å². The minimum absolute atomic E-state index is 0.273. The monoisotopic (exact) mass is 220 g/mol. The van der Waals surface area contributed by atoms with Gasteiger partial charge in [-0.3, -0.25) is 0 Å². The van der Waals surface area contributed by atoms with Crippen LogP contribution >= 0.6 is 0 Å². The van der Waals surface area contributed by atoms with Crippen molar-refractivity contribution in [2.75, 3.05) is 19.8 Å². The highest BCUT2D eigenvalue weighted by atomic mass is 28.4. The molecule has 6 heteroatoms. The third kappa shape index (κ3) is 3.65. The summed E-state index contributed by atoms with van der Waals surface area (Å²) < 4.78 is 20.5. The zero-order valence-corrected chi connectivity index (χ0v) is 9.74. The Kier molecular flexibility index (Phi) is 3.91. The van der Waals surface area contributed by atoms with Gasteiger partial charge in [-0.1, -0.05) is 0 Å². The molecule has 0 amide bonds. The fourth-order valence-electron chi connectivity index (χ4n) is 1.13. The van der Waals surface area contributed by atoms with Gasteiger partial charge in [0.25, 0.3) is 0 Å². The third-order valence-electron chi connectivity index (χ3n) is 1.76. The molecule has 0 N–H and O–H groups in total. The molecule has 0 aliphatic carbocycles. The van der Waals surface area contributed by atoms with E-state index in [4.69, 9.17) is 13.6 Å². The van der Waals surface area contributed by atoms with Gasteiger partial charge in [0.05, 0.1) is 6.61 Å². The van der Waals surface area contributed by atoms with Gasteiger partial charge in [0.15, 0.2) is 6.10 Å². The summed E-state index contributed by atoms with van der Waals surface area (Å²) >= 11 is 0. The Balaban J connectivity index is 2.22. The summed E-state index contributed by atoms with van der Waals surface area (Å²) in [5, 5.41) is 0. The lowest BCUT2D eigenvalue weighted by atomic mass is 10.4. The third-order valence-corrected chi connectivity index (χ3v) is 3.60. The molecule has 5 nitrogen and oxygen atoms in total. The van der Waals surface area contributed by atoms with Crippen LogP contribution in [0, 0.1) is 0 Å². The fourth-order valence-corrected chi connectivity index (χ4v) is 2.50. The topological polar surface area (TPSA) is 54.0 Å². The predicted octanol–water partition coefficient (Wildman–Crippen LogP) is 1.28. The van der Waals surface area contributed by atoms with E-state index in [2.05, 4.69) is 4.74 Å². The van der Waals surface area contributed by atoms with Crippen LogP contribution in [0.15, 0.2) is 0 Å². The van der Waals surface area contributed by atoms with Crippen LogP contribution in [-0.2, 0) is 18.3 Å². The maximum absolute atomic E-state index is 10.6. The zero-order chi connectivity index (χ0) is 10.6. The maximum atomic E-state index is 10.6. The molecule has 14 heavy (non-hydrogen) atoms. The van der Waals surface area contributed by atoms with Crippen molar-refractivity contribution < 1.29 is 23.1 Å². The van der Waals surface area contributed by atoms with Crippen molar-refractivity contribution in [3.05, 3.63) is 0 Å². The van der Waals surface area contributed by atoms with E-state index in [9.17, 15) is 4.79 Å². The van der Waals surface area contributed by atoms with Crippen LogP contribution in [0.25, 0.3) is 0 Å². The van der Waals surface area contributed by atoms with Gasteiger partial charge in [-0.15, -0.1) is 0 Å². The van der Waals surface area contributed by atoms with Gasteiger partial charge in [0.1, 0.15) is 6.61 Å². The fraction of sp³-hybridized carbons (Fsp3) is 0.875. The number of hydrogen-bond donors (Lipinski definition) is 0. The second kappa shape index (κ2) is 4.76. The lowest BCUT2D eigenvalue weighted by molar-refractivity contribution is 0.0824. The summed E-state index contributed by atoms with van der Waals surface area (Å²) in [5.74, 6) is 0. The summed E-state index contributed by atoms with van der Waals surface area (Å²) in [6.07, 6.45) is -0.899. The van der Waals surface area contributed by atoms with Crippen LogP contribution in [0.3, 0.4) is 0 Å². The van der Waals surface area contributed by atoms with E-state index in [1.807, 2.05) is 20.0 Å². The van der Waals surface area contributed by atoms with E-state index in [1.165, 1.54) is 0 Å². The molecule has 1 heterocycles. The molecule has 0 aromatic rings. The Morgan fingerprint density at radius 3 is 2.71 bits per heavy atom. The molecule has 0 radical (unpaired) electrons. The van der Waals surface area contributed by atoms with Crippen LogP contribution in [0.2, 0.25) is 13.1 Å². The molecule has 1 rings (SSSR count). The van der Waals surface area contributed by atoms with Crippen LogP contribution < -0.4 is 0 Å². The van der Waals surface area contributed by atoms with Gasteiger partial charge in [0, 0.05) is 6.61 Å². The average molecular weight is 220 g/mol. The molecular formula is C8H16O5Si. The Labute approximate surface area is 84.5 Å². The molecule has 1 unspecified atom stereocenters. The van der Waals surface area contributed by atoms with Crippen LogP contribution in [0.4, 0.5) is 4.79 Å². The van der Waals surface area contributed by atoms with Crippen molar-refractivity contribution in [2.24, 2.45) is 0 Å². The highest BCUT2D eigenvalue weighted by Crippen LogP contribution is 2.11. The van der Waals surface area contributed by atoms with E-state index < -0.39 is 14.7 Å². The van der Waals surface area contributed by atoms with Crippen LogP contribution in [-0.4, -0.2) is 40.6 Å². The molecule has 1 aliphatic heterocycles.